The lowest BCUT2D eigenvalue weighted by Crippen LogP contribution is -2.55. The summed E-state index contributed by atoms with van der Waals surface area (Å²) < 4.78 is 0. The first-order valence-corrected chi connectivity index (χ1v) is 10.8. The fourth-order valence-corrected chi connectivity index (χ4v) is 4.06. The molecule has 0 radical (unpaired) electrons. The van der Waals surface area contributed by atoms with Crippen molar-refractivity contribution in [1.29, 1.82) is 0 Å². The highest BCUT2D eigenvalue weighted by Gasteiger charge is 2.30. The van der Waals surface area contributed by atoms with Gasteiger partial charge < -0.3 is 15.1 Å². The van der Waals surface area contributed by atoms with Gasteiger partial charge in [-0.25, -0.2) is 0 Å². The lowest BCUT2D eigenvalue weighted by Gasteiger charge is -2.37. The minimum absolute atomic E-state index is 0.0588. The second kappa shape index (κ2) is 10.1. The van der Waals surface area contributed by atoms with E-state index in [2.05, 4.69) is 15.2 Å². The molecule has 1 aliphatic heterocycles. The van der Waals surface area contributed by atoms with Crippen LogP contribution >= 0.6 is 23.2 Å². The number of anilines is 1. The van der Waals surface area contributed by atoms with Crippen molar-refractivity contribution in [3.05, 3.63) is 58.3 Å². The molecular weight excluding hydrogens is 423 g/mol. The molecule has 0 aliphatic carbocycles. The molecule has 30 heavy (non-hydrogen) atoms. The Morgan fingerprint density at radius 3 is 2.33 bits per heavy atom. The van der Waals surface area contributed by atoms with Crippen molar-refractivity contribution in [2.24, 2.45) is 5.92 Å². The third kappa shape index (κ3) is 5.64. The number of nitrogens with one attached hydrogen (secondary N) is 1. The molecule has 1 fully saturated rings. The minimum Gasteiger partial charge on any atom is -0.368 e. The molecule has 0 bridgehead atoms. The van der Waals surface area contributed by atoms with Gasteiger partial charge in [-0.1, -0.05) is 37.0 Å². The highest BCUT2D eigenvalue weighted by atomic mass is 35.5. The summed E-state index contributed by atoms with van der Waals surface area (Å²) in [6, 6.07) is 8.04. The lowest BCUT2D eigenvalue weighted by molar-refractivity contribution is -0.134. The standard InChI is InChI=1S/C22H26Cl2N4O2/c1-15(2)13-20(26-21(29)18-4-3-16(23)14-19(18)24)22(30)28-11-9-27(10-12-28)17-5-7-25-8-6-17/h3-8,14-15,20H,9-13H2,1-2H3,(H,26,29). The van der Waals surface area contributed by atoms with Crippen LogP contribution in [0, 0.1) is 5.92 Å². The number of hydrogen-bond donors (Lipinski definition) is 1. The Bertz CT molecular complexity index is 884. The molecule has 1 aliphatic rings. The van der Waals surface area contributed by atoms with E-state index < -0.39 is 6.04 Å². The van der Waals surface area contributed by atoms with Crippen LogP contribution in [-0.4, -0.2) is 53.9 Å². The molecule has 1 unspecified atom stereocenters. The molecule has 6 nitrogen and oxygen atoms in total. The molecule has 8 heteroatoms. The van der Waals surface area contributed by atoms with Gasteiger partial charge in [0.2, 0.25) is 5.91 Å². The monoisotopic (exact) mass is 448 g/mol. The zero-order chi connectivity index (χ0) is 21.7. The summed E-state index contributed by atoms with van der Waals surface area (Å²) in [4.78, 5) is 34.1. The lowest BCUT2D eigenvalue weighted by atomic mass is 10.0. The zero-order valence-corrected chi connectivity index (χ0v) is 18.7. The fraction of sp³-hybridized carbons (Fsp3) is 0.409. The molecule has 1 atom stereocenters. The smallest absolute Gasteiger partial charge is 0.253 e. The Kier molecular flexibility index (Phi) is 7.56. The Morgan fingerprint density at radius 2 is 1.73 bits per heavy atom. The predicted molar refractivity (Wildman–Crippen MR) is 120 cm³/mol. The molecule has 2 amide bonds. The van der Waals surface area contributed by atoms with Gasteiger partial charge in [0.05, 0.1) is 10.6 Å². The van der Waals surface area contributed by atoms with Gasteiger partial charge in [-0.05, 0) is 42.7 Å². The summed E-state index contributed by atoms with van der Waals surface area (Å²) in [5, 5.41) is 3.61. The van der Waals surface area contributed by atoms with Crippen molar-refractivity contribution in [3.8, 4) is 0 Å². The Labute approximate surface area is 187 Å². The van der Waals surface area contributed by atoms with Crippen LogP contribution in [0.5, 0.6) is 0 Å². The highest BCUT2D eigenvalue weighted by molar-refractivity contribution is 6.36. The van der Waals surface area contributed by atoms with E-state index in [4.69, 9.17) is 23.2 Å². The van der Waals surface area contributed by atoms with Gasteiger partial charge in [-0.15, -0.1) is 0 Å². The quantitative estimate of drug-likeness (QED) is 0.727. The van der Waals surface area contributed by atoms with Gasteiger partial charge in [0.15, 0.2) is 0 Å². The summed E-state index contributed by atoms with van der Waals surface area (Å²) in [6.45, 7) is 6.75. The van der Waals surface area contributed by atoms with Gasteiger partial charge >= 0.3 is 0 Å². The third-order valence-electron chi connectivity index (χ3n) is 5.11. The molecule has 3 rings (SSSR count). The van der Waals surface area contributed by atoms with E-state index in [-0.39, 0.29) is 22.8 Å². The molecule has 0 saturated carbocycles. The first-order valence-electron chi connectivity index (χ1n) is 10.0. The molecular formula is C22H26Cl2N4O2. The SMILES string of the molecule is CC(C)CC(NC(=O)c1ccc(Cl)cc1Cl)C(=O)N1CCN(c2ccncc2)CC1. The van der Waals surface area contributed by atoms with Crippen LogP contribution in [-0.2, 0) is 4.79 Å². The van der Waals surface area contributed by atoms with E-state index in [1.54, 1.807) is 24.5 Å². The minimum atomic E-state index is -0.600. The first kappa shape index (κ1) is 22.4. The molecule has 0 spiro atoms. The summed E-state index contributed by atoms with van der Waals surface area (Å²) in [5.41, 5.74) is 1.41. The molecule has 1 aromatic carbocycles. The van der Waals surface area contributed by atoms with Crippen LogP contribution in [0.2, 0.25) is 10.0 Å². The average molecular weight is 449 g/mol. The van der Waals surface area contributed by atoms with Crippen molar-refractivity contribution in [2.45, 2.75) is 26.3 Å². The maximum absolute atomic E-state index is 13.2. The molecule has 1 saturated heterocycles. The molecule has 1 aromatic heterocycles. The molecule has 160 valence electrons. The van der Waals surface area contributed by atoms with Gasteiger partial charge in [0, 0.05) is 49.3 Å². The van der Waals surface area contributed by atoms with Crippen molar-refractivity contribution >= 4 is 40.7 Å². The number of nitrogens with zero attached hydrogens (tertiary/aromatic N) is 3. The topological polar surface area (TPSA) is 65.5 Å². The van der Waals surface area contributed by atoms with Crippen molar-refractivity contribution in [3.63, 3.8) is 0 Å². The van der Waals surface area contributed by atoms with Crippen LogP contribution < -0.4 is 10.2 Å². The fourth-order valence-electron chi connectivity index (χ4n) is 3.56. The summed E-state index contributed by atoms with van der Waals surface area (Å²) in [5.74, 6) is -0.180. The number of piperazine rings is 1. The maximum Gasteiger partial charge on any atom is 0.253 e. The van der Waals surface area contributed by atoms with Crippen LogP contribution in [0.1, 0.15) is 30.6 Å². The maximum atomic E-state index is 13.2. The summed E-state index contributed by atoms with van der Waals surface area (Å²) >= 11 is 12.1. The third-order valence-corrected chi connectivity index (χ3v) is 5.65. The molecule has 2 aromatic rings. The van der Waals surface area contributed by atoms with E-state index in [0.29, 0.717) is 30.1 Å². The number of halogens is 2. The van der Waals surface area contributed by atoms with Gasteiger partial charge in [-0.3, -0.25) is 14.6 Å². The number of rotatable bonds is 6. The number of carbonyl (C=O) groups is 2. The number of carbonyl (C=O) groups excluding carboxylic acids is 2. The average Bonchev–Trinajstić information content (AvgIpc) is 2.73. The van der Waals surface area contributed by atoms with Gasteiger partial charge in [0.25, 0.3) is 5.91 Å². The number of aromatic nitrogens is 1. The number of amides is 2. The van der Waals surface area contributed by atoms with E-state index in [1.807, 2.05) is 30.9 Å². The van der Waals surface area contributed by atoms with E-state index in [0.717, 1.165) is 18.8 Å². The normalized spacial score (nSPS) is 15.2. The Balaban J connectivity index is 1.66. The van der Waals surface area contributed by atoms with Gasteiger partial charge in [-0.2, -0.15) is 0 Å². The molecule has 1 N–H and O–H groups in total. The van der Waals surface area contributed by atoms with E-state index in [1.165, 1.54) is 6.07 Å². The second-order valence-electron chi connectivity index (χ2n) is 7.80. The van der Waals surface area contributed by atoms with Crippen molar-refractivity contribution in [2.75, 3.05) is 31.1 Å². The first-order chi connectivity index (χ1) is 14.3. The van der Waals surface area contributed by atoms with E-state index in [9.17, 15) is 9.59 Å². The highest BCUT2D eigenvalue weighted by Crippen LogP contribution is 2.22. The van der Waals surface area contributed by atoms with Crippen LogP contribution in [0.4, 0.5) is 5.69 Å². The largest absolute Gasteiger partial charge is 0.368 e. The van der Waals surface area contributed by atoms with Crippen LogP contribution in [0.15, 0.2) is 42.7 Å². The van der Waals surface area contributed by atoms with Gasteiger partial charge in [0.1, 0.15) is 6.04 Å². The number of hydrogen-bond acceptors (Lipinski definition) is 4. The van der Waals surface area contributed by atoms with Crippen LogP contribution in [0.3, 0.4) is 0 Å². The zero-order valence-electron chi connectivity index (χ0n) is 17.1. The Morgan fingerprint density at radius 1 is 1.07 bits per heavy atom. The van der Waals surface area contributed by atoms with Crippen LogP contribution in [0.25, 0.3) is 0 Å². The Hall–Kier alpha value is -2.31. The predicted octanol–water partition coefficient (Wildman–Crippen LogP) is 3.88. The summed E-state index contributed by atoms with van der Waals surface area (Å²) in [7, 11) is 0. The van der Waals surface area contributed by atoms with Crippen molar-refractivity contribution in [1.82, 2.24) is 15.2 Å². The van der Waals surface area contributed by atoms with E-state index >= 15 is 0 Å². The second-order valence-corrected chi connectivity index (χ2v) is 8.64. The van der Waals surface area contributed by atoms with Crippen molar-refractivity contribution < 1.29 is 9.59 Å². The summed E-state index contributed by atoms with van der Waals surface area (Å²) in [6.07, 6.45) is 4.09. The molecule has 2 heterocycles. The number of pyridine rings is 1. The number of benzene rings is 1.